The molecule has 0 spiro atoms. The number of hydrogen-bond acceptors (Lipinski definition) is 5. The van der Waals surface area contributed by atoms with Crippen LogP contribution >= 0.6 is 0 Å². The Labute approximate surface area is 116 Å². The molecule has 20 heavy (non-hydrogen) atoms. The summed E-state index contributed by atoms with van der Waals surface area (Å²) < 4.78 is 5.13. The lowest BCUT2D eigenvalue weighted by Gasteiger charge is -2.03. The van der Waals surface area contributed by atoms with Crippen LogP contribution in [0.1, 0.15) is 0 Å². The van der Waals surface area contributed by atoms with E-state index in [0.29, 0.717) is 11.5 Å². The molecule has 0 unspecified atom stereocenters. The maximum atomic E-state index is 5.13. The van der Waals surface area contributed by atoms with E-state index in [0.717, 1.165) is 17.0 Å². The lowest BCUT2D eigenvalue weighted by Crippen LogP contribution is -1.96. The molecule has 0 bridgehead atoms. The molecule has 0 fully saturated rings. The fourth-order valence-corrected chi connectivity index (χ4v) is 1.80. The Morgan fingerprint density at radius 3 is 2.50 bits per heavy atom. The highest BCUT2D eigenvalue weighted by atomic mass is 16.5. The first-order valence-corrected chi connectivity index (χ1v) is 6.12. The Kier molecular flexibility index (Phi) is 3.33. The average Bonchev–Trinajstić information content (AvgIpc) is 2.56. The Bertz CT molecular complexity index is 699. The van der Waals surface area contributed by atoms with E-state index in [2.05, 4.69) is 20.2 Å². The molecule has 0 aliphatic carbocycles. The molecule has 3 aromatic rings. The van der Waals surface area contributed by atoms with Crippen molar-refractivity contribution in [1.29, 1.82) is 0 Å². The summed E-state index contributed by atoms with van der Waals surface area (Å²) >= 11 is 0. The third-order valence-corrected chi connectivity index (χ3v) is 2.83. The lowest BCUT2D eigenvalue weighted by atomic mass is 10.2. The van der Waals surface area contributed by atoms with Crippen molar-refractivity contribution in [2.45, 2.75) is 0 Å². The van der Waals surface area contributed by atoms with Gasteiger partial charge in [-0.1, -0.05) is 6.07 Å². The second kappa shape index (κ2) is 5.44. The molecule has 0 amide bonds. The predicted molar refractivity (Wildman–Crippen MR) is 75.0 cm³/mol. The van der Waals surface area contributed by atoms with Crippen molar-refractivity contribution in [3.05, 3.63) is 54.9 Å². The molecule has 98 valence electrons. The van der Waals surface area contributed by atoms with Crippen LogP contribution in [0.3, 0.4) is 0 Å². The van der Waals surface area contributed by atoms with Crippen molar-refractivity contribution in [2.75, 3.05) is 7.11 Å². The van der Waals surface area contributed by atoms with Crippen LogP contribution in [0.2, 0.25) is 0 Å². The Morgan fingerprint density at radius 1 is 0.950 bits per heavy atom. The number of aromatic nitrogens is 4. The summed E-state index contributed by atoms with van der Waals surface area (Å²) in [7, 11) is 1.63. The number of ether oxygens (including phenoxy) is 1. The largest absolute Gasteiger partial charge is 0.497 e. The SMILES string of the molecule is COc1ccc(-c2nncc(-c3ccccn3)n2)cc1. The molecule has 0 radical (unpaired) electrons. The molecule has 5 nitrogen and oxygen atoms in total. The van der Waals surface area contributed by atoms with Crippen molar-refractivity contribution in [3.63, 3.8) is 0 Å². The molecule has 3 rings (SSSR count). The van der Waals surface area contributed by atoms with Crippen LogP contribution in [0, 0.1) is 0 Å². The quantitative estimate of drug-likeness (QED) is 0.727. The Hall–Kier alpha value is -2.82. The van der Waals surface area contributed by atoms with Gasteiger partial charge < -0.3 is 4.74 Å². The van der Waals surface area contributed by atoms with Crippen molar-refractivity contribution in [1.82, 2.24) is 20.2 Å². The van der Waals surface area contributed by atoms with Gasteiger partial charge in [0.25, 0.3) is 0 Å². The van der Waals surface area contributed by atoms with E-state index in [9.17, 15) is 0 Å². The van der Waals surface area contributed by atoms with Gasteiger partial charge in [-0.05, 0) is 36.4 Å². The number of nitrogens with zero attached hydrogens (tertiary/aromatic N) is 4. The summed E-state index contributed by atoms with van der Waals surface area (Å²) in [6.07, 6.45) is 3.33. The lowest BCUT2D eigenvalue weighted by molar-refractivity contribution is 0.415. The first-order valence-electron chi connectivity index (χ1n) is 6.12. The standard InChI is InChI=1S/C15H12N4O/c1-20-12-7-5-11(6-8-12)15-18-14(10-17-19-15)13-4-2-3-9-16-13/h2-10H,1H3. The van der Waals surface area contributed by atoms with Crippen LogP contribution in [0.4, 0.5) is 0 Å². The smallest absolute Gasteiger partial charge is 0.182 e. The van der Waals surface area contributed by atoms with E-state index in [1.165, 1.54) is 0 Å². The van der Waals surface area contributed by atoms with Crippen molar-refractivity contribution < 1.29 is 4.74 Å². The van der Waals surface area contributed by atoms with Crippen LogP contribution < -0.4 is 4.74 Å². The minimum atomic E-state index is 0.566. The van der Waals surface area contributed by atoms with Gasteiger partial charge >= 0.3 is 0 Å². The number of pyridine rings is 1. The first kappa shape index (κ1) is 12.2. The zero-order valence-corrected chi connectivity index (χ0v) is 10.9. The maximum absolute atomic E-state index is 5.13. The predicted octanol–water partition coefficient (Wildman–Crippen LogP) is 2.61. The van der Waals surface area contributed by atoms with Crippen LogP contribution in [-0.4, -0.2) is 27.3 Å². The Balaban J connectivity index is 1.98. The van der Waals surface area contributed by atoms with Crippen molar-refractivity contribution in [3.8, 4) is 28.5 Å². The summed E-state index contributed by atoms with van der Waals surface area (Å²) in [6.45, 7) is 0. The molecule has 0 aliphatic heterocycles. The van der Waals surface area contributed by atoms with E-state index < -0.39 is 0 Å². The zero-order chi connectivity index (χ0) is 13.8. The third kappa shape index (κ3) is 2.47. The minimum absolute atomic E-state index is 0.566. The maximum Gasteiger partial charge on any atom is 0.182 e. The van der Waals surface area contributed by atoms with Gasteiger partial charge in [-0.2, -0.15) is 5.10 Å². The van der Waals surface area contributed by atoms with Gasteiger partial charge in [0.1, 0.15) is 11.4 Å². The highest BCUT2D eigenvalue weighted by Gasteiger charge is 2.06. The second-order valence-electron chi connectivity index (χ2n) is 4.11. The van der Waals surface area contributed by atoms with E-state index in [1.54, 1.807) is 19.5 Å². The summed E-state index contributed by atoms with van der Waals surface area (Å²) in [6, 6.07) is 13.2. The number of benzene rings is 1. The van der Waals surface area contributed by atoms with Gasteiger partial charge in [0.15, 0.2) is 5.82 Å². The van der Waals surface area contributed by atoms with E-state index in [1.807, 2.05) is 42.5 Å². The van der Waals surface area contributed by atoms with E-state index >= 15 is 0 Å². The fraction of sp³-hybridized carbons (Fsp3) is 0.0667. The summed E-state index contributed by atoms with van der Waals surface area (Å²) in [4.78, 5) is 8.75. The van der Waals surface area contributed by atoms with Gasteiger partial charge in [-0.3, -0.25) is 4.98 Å². The minimum Gasteiger partial charge on any atom is -0.497 e. The van der Waals surface area contributed by atoms with Gasteiger partial charge in [-0.15, -0.1) is 5.10 Å². The molecule has 0 saturated heterocycles. The average molecular weight is 264 g/mol. The molecule has 2 heterocycles. The van der Waals surface area contributed by atoms with Crippen molar-refractivity contribution in [2.24, 2.45) is 0 Å². The third-order valence-electron chi connectivity index (χ3n) is 2.83. The van der Waals surface area contributed by atoms with Crippen molar-refractivity contribution >= 4 is 0 Å². The summed E-state index contributed by atoms with van der Waals surface area (Å²) in [5.41, 5.74) is 2.36. The molecular formula is C15H12N4O. The van der Waals surface area contributed by atoms with Crippen LogP contribution in [0.15, 0.2) is 54.9 Å². The topological polar surface area (TPSA) is 60.8 Å². The fourth-order valence-electron chi connectivity index (χ4n) is 1.80. The van der Waals surface area contributed by atoms with Gasteiger partial charge in [-0.25, -0.2) is 4.98 Å². The van der Waals surface area contributed by atoms with Crippen LogP contribution in [0.5, 0.6) is 5.75 Å². The highest BCUT2D eigenvalue weighted by molar-refractivity contribution is 5.60. The molecule has 0 atom stereocenters. The molecule has 0 saturated carbocycles. The number of hydrogen-bond donors (Lipinski definition) is 0. The number of methoxy groups -OCH3 is 1. The van der Waals surface area contributed by atoms with Crippen LogP contribution in [-0.2, 0) is 0 Å². The van der Waals surface area contributed by atoms with Gasteiger partial charge in [0, 0.05) is 11.8 Å². The highest BCUT2D eigenvalue weighted by Crippen LogP contribution is 2.20. The molecule has 2 aromatic heterocycles. The molecule has 0 N–H and O–H groups in total. The normalized spacial score (nSPS) is 10.2. The molecule has 0 aliphatic rings. The van der Waals surface area contributed by atoms with Gasteiger partial charge in [0.05, 0.1) is 19.0 Å². The monoisotopic (exact) mass is 264 g/mol. The Morgan fingerprint density at radius 2 is 1.80 bits per heavy atom. The second-order valence-corrected chi connectivity index (χ2v) is 4.11. The first-order chi connectivity index (χ1) is 9.86. The molecule has 1 aromatic carbocycles. The zero-order valence-electron chi connectivity index (χ0n) is 10.9. The van der Waals surface area contributed by atoms with Gasteiger partial charge in [0.2, 0.25) is 0 Å². The van der Waals surface area contributed by atoms with Crippen LogP contribution in [0.25, 0.3) is 22.8 Å². The molecule has 5 heteroatoms. The van der Waals surface area contributed by atoms with E-state index in [4.69, 9.17) is 4.74 Å². The van der Waals surface area contributed by atoms with E-state index in [-0.39, 0.29) is 0 Å². The summed E-state index contributed by atoms with van der Waals surface area (Å²) in [5.74, 6) is 1.36. The number of rotatable bonds is 3. The molecular weight excluding hydrogens is 252 g/mol. The summed E-state index contributed by atoms with van der Waals surface area (Å²) in [5, 5.41) is 8.06.